The van der Waals surface area contributed by atoms with Crippen molar-refractivity contribution in [3.8, 4) is 0 Å². The summed E-state index contributed by atoms with van der Waals surface area (Å²) in [5.41, 5.74) is -0.0895. The average Bonchev–Trinajstić information content (AvgIpc) is 2.57. The van der Waals surface area contributed by atoms with Crippen LogP contribution < -0.4 is 0 Å². The van der Waals surface area contributed by atoms with E-state index in [1.807, 2.05) is 0 Å². The fourth-order valence-electron chi connectivity index (χ4n) is 1.73. The molecule has 16 heavy (non-hydrogen) atoms. The van der Waals surface area contributed by atoms with Gasteiger partial charge in [-0.3, -0.25) is 4.90 Å². The summed E-state index contributed by atoms with van der Waals surface area (Å²) in [6.07, 6.45) is 0. The Bertz CT molecular complexity index is 350. The summed E-state index contributed by atoms with van der Waals surface area (Å²) < 4.78 is 5.60. The van der Waals surface area contributed by atoms with Gasteiger partial charge < -0.3 is 9.52 Å². The quantitative estimate of drug-likeness (QED) is 0.824. The van der Waals surface area contributed by atoms with E-state index in [0.717, 1.165) is 13.1 Å². The maximum absolute atomic E-state index is 8.90. The van der Waals surface area contributed by atoms with E-state index in [2.05, 4.69) is 35.9 Å². The minimum Gasteiger partial charge on any atom is -0.423 e. The topological polar surface area (TPSA) is 62.4 Å². The number of rotatable bonds is 3. The van der Waals surface area contributed by atoms with Crippen molar-refractivity contribution >= 4 is 0 Å². The highest BCUT2D eigenvalue weighted by molar-refractivity contribution is 4.96. The Morgan fingerprint density at radius 1 is 1.38 bits per heavy atom. The zero-order valence-electron chi connectivity index (χ0n) is 10.1. The summed E-state index contributed by atoms with van der Waals surface area (Å²) in [5, 5.41) is 17.0. The Hall–Kier alpha value is -0.940. The first-order chi connectivity index (χ1) is 7.49. The molecule has 0 radical (unpaired) electrons. The standard InChI is InChI=1S/C11H19N3O2/c1-11(2,3)10-13-12-9(16-10)6-14-4-8(5-14)7-15/h8,15H,4-7H2,1-3H3. The first-order valence-corrected chi connectivity index (χ1v) is 5.65. The Labute approximate surface area is 95.5 Å². The SMILES string of the molecule is CC(C)(C)c1nnc(CN2CC(CO)C2)o1. The van der Waals surface area contributed by atoms with Gasteiger partial charge in [-0.25, -0.2) is 0 Å². The van der Waals surface area contributed by atoms with Gasteiger partial charge in [0, 0.05) is 31.0 Å². The number of nitrogens with zero attached hydrogens (tertiary/aromatic N) is 3. The molecular formula is C11H19N3O2. The lowest BCUT2D eigenvalue weighted by molar-refractivity contribution is 0.0411. The summed E-state index contributed by atoms with van der Waals surface area (Å²) in [7, 11) is 0. The zero-order chi connectivity index (χ0) is 11.8. The number of aromatic nitrogens is 2. The lowest BCUT2D eigenvalue weighted by Gasteiger charge is -2.37. The van der Waals surface area contributed by atoms with E-state index < -0.39 is 0 Å². The van der Waals surface area contributed by atoms with Crippen LogP contribution in [0, 0.1) is 5.92 Å². The Morgan fingerprint density at radius 2 is 2.06 bits per heavy atom. The lowest BCUT2D eigenvalue weighted by atomic mass is 9.97. The molecular weight excluding hydrogens is 206 g/mol. The molecule has 1 aliphatic heterocycles. The molecule has 2 heterocycles. The highest BCUT2D eigenvalue weighted by Gasteiger charge is 2.28. The molecule has 1 aromatic heterocycles. The smallest absolute Gasteiger partial charge is 0.230 e. The maximum atomic E-state index is 8.90. The molecule has 0 atom stereocenters. The summed E-state index contributed by atoms with van der Waals surface area (Å²) in [4.78, 5) is 2.20. The van der Waals surface area contributed by atoms with Crippen molar-refractivity contribution in [2.24, 2.45) is 5.92 Å². The second-order valence-corrected chi connectivity index (χ2v) is 5.49. The van der Waals surface area contributed by atoms with Crippen molar-refractivity contribution in [2.75, 3.05) is 19.7 Å². The van der Waals surface area contributed by atoms with Crippen LogP contribution in [0.25, 0.3) is 0 Å². The van der Waals surface area contributed by atoms with E-state index in [4.69, 9.17) is 9.52 Å². The first kappa shape index (κ1) is 11.5. The molecule has 0 unspecified atom stereocenters. The Balaban J connectivity index is 1.89. The van der Waals surface area contributed by atoms with Gasteiger partial charge in [0.15, 0.2) is 0 Å². The summed E-state index contributed by atoms with van der Waals surface area (Å²) >= 11 is 0. The van der Waals surface area contributed by atoms with Gasteiger partial charge in [0.1, 0.15) is 0 Å². The van der Waals surface area contributed by atoms with Crippen molar-refractivity contribution in [1.82, 2.24) is 15.1 Å². The van der Waals surface area contributed by atoms with Gasteiger partial charge in [-0.15, -0.1) is 10.2 Å². The van der Waals surface area contributed by atoms with Crippen LogP contribution in [0.2, 0.25) is 0 Å². The molecule has 90 valence electrons. The summed E-state index contributed by atoms with van der Waals surface area (Å²) in [6.45, 7) is 8.96. The molecule has 0 saturated carbocycles. The van der Waals surface area contributed by atoms with E-state index in [0.29, 0.717) is 24.2 Å². The minimum absolute atomic E-state index is 0.0895. The molecule has 2 rings (SSSR count). The van der Waals surface area contributed by atoms with E-state index in [-0.39, 0.29) is 12.0 Å². The second kappa shape index (κ2) is 4.14. The highest BCUT2D eigenvalue weighted by Crippen LogP contribution is 2.22. The Morgan fingerprint density at radius 3 is 2.56 bits per heavy atom. The molecule has 1 saturated heterocycles. The maximum Gasteiger partial charge on any atom is 0.230 e. The van der Waals surface area contributed by atoms with Crippen molar-refractivity contribution in [3.05, 3.63) is 11.8 Å². The van der Waals surface area contributed by atoms with Crippen LogP contribution in [-0.2, 0) is 12.0 Å². The molecule has 1 fully saturated rings. The molecule has 0 bridgehead atoms. The predicted octanol–water partition coefficient (Wildman–Crippen LogP) is 0.791. The van der Waals surface area contributed by atoms with E-state index in [1.165, 1.54) is 0 Å². The molecule has 1 N–H and O–H groups in total. The van der Waals surface area contributed by atoms with Crippen molar-refractivity contribution in [2.45, 2.75) is 32.7 Å². The number of likely N-dealkylation sites (tertiary alicyclic amines) is 1. The molecule has 0 aromatic carbocycles. The first-order valence-electron chi connectivity index (χ1n) is 5.65. The third-order valence-electron chi connectivity index (χ3n) is 2.76. The molecule has 0 spiro atoms. The normalized spacial score (nSPS) is 18.8. The van der Waals surface area contributed by atoms with Crippen molar-refractivity contribution in [1.29, 1.82) is 0 Å². The molecule has 5 heteroatoms. The number of hydrogen-bond acceptors (Lipinski definition) is 5. The van der Waals surface area contributed by atoms with Gasteiger partial charge in [0.05, 0.1) is 6.54 Å². The third kappa shape index (κ3) is 2.41. The van der Waals surface area contributed by atoms with Crippen LogP contribution in [0.1, 0.15) is 32.6 Å². The van der Waals surface area contributed by atoms with E-state index >= 15 is 0 Å². The number of hydrogen-bond donors (Lipinski definition) is 1. The van der Waals surface area contributed by atoms with Crippen LogP contribution in [0.15, 0.2) is 4.42 Å². The minimum atomic E-state index is -0.0895. The predicted molar refractivity (Wildman–Crippen MR) is 58.9 cm³/mol. The van der Waals surface area contributed by atoms with Crippen LogP contribution >= 0.6 is 0 Å². The lowest BCUT2D eigenvalue weighted by Crippen LogP contribution is -2.47. The van der Waals surface area contributed by atoms with E-state index in [1.54, 1.807) is 0 Å². The molecule has 5 nitrogen and oxygen atoms in total. The van der Waals surface area contributed by atoms with Crippen LogP contribution in [0.4, 0.5) is 0 Å². The largest absolute Gasteiger partial charge is 0.423 e. The fraction of sp³-hybridized carbons (Fsp3) is 0.818. The number of aliphatic hydroxyl groups is 1. The van der Waals surface area contributed by atoms with Gasteiger partial charge in [-0.05, 0) is 0 Å². The highest BCUT2D eigenvalue weighted by atomic mass is 16.4. The summed E-state index contributed by atoms with van der Waals surface area (Å²) in [6, 6.07) is 0. The van der Waals surface area contributed by atoms with Crippen LogP contribution in [0.3, 0.4) is 0 Å². The van der Waals surface area contributed by atoms with Gasteiger partial charge in [0.2, 0.25) is 11.8 Å². The van der Waals surface area contributed by atoms with E-state index in [9.17, 15) is 0 Å². The van der Waals surface area contributed by atoms with Crippen LogP contribution in [-0.4, -0.2) is 39.9 Å². The number of aliphatic hydroxyl groups excluding tert-OH is 1. The van der Waals surface area contributed by atoms with Crippen LogP contribution in [0.5, 0.6) is 0 Å². The molecule has 1 aliphatic rings. The average molecular weight is 225 g/mol. The fourth-order valence-corrected chi connectivity index (χ4v) is 1.73. The van der Waals surface area contributed by atoms with Crippen molar-refractivity contribution in [3.63, 3.8) is 0 Å². The monoisotopic (exact) mass is 225 g/mol. The van der Waals surface area contributed by atoms with Gasteiger partial charge in [-0.1, -0.05) is 20.8 Å². The summed E-state index contributed by atoms with van der Waals surface area (Å²) in [5.74, 6) is 1.77. The molecule has 1 aromatic rings. The van der Waals surface area contributed by atoms with Gasteiger partial charge in [0.25, 0.3) is 0 Å². The van der Waals surface area contributed by atoms with Gasteiger partial charge in [-0.2, -0.15) is 0 Å². The molecule has 0 aliphatic carbocycles. The second-order valence-electron chi connectivity index (χ2n) is 5.49. The van der Waals surface area contributed by atoms with Gasteiger partial charge >= 0.3 is 0 Å². The zero-order valence-corrected chi connectivity index (χ0v) is 10.1. The molecule has 0 amide bonds. The van der Waals surface area contributed by atoms with Crippen molar-refractivity contribution < 1.29 is 9.52 Å². The third-order valence-corrected chi connectivity index (χ3v) is 2.76. The Kier molecular flexibility index (Phi) is 2.99.